The Balaban J connectivity index is 2.25. The fourth-order valence-corrected chi connectivity index (χ4v) is 2.51. The van der Waals surface area contributed by atoms with Gasteiger partial charge in [-0.3, -0.25) is 4.79 Å². The molecule has 0 aliphatic heterocycles. The first-order chi connectivity index (χ1) is 10.1. The van der Waals surface area contributed by atoms with E-state index in [1.165, 1.54) is 0 Å². The third kappa shape index (κ3) is 4.08. The van der Waals surface area contributed by atoms with Crippen molar-refractivity contribution in [2.75, 3.05) is 0 Å². The number of carboxylic acids is 1. The fraction of sp³-hybridized carbons (Fsp3) is 0.176. The molecule has 0 aliphatic rings. The van der Waals surface area contributed by atoms with E-state index in [1.54, 1.807) is 6.07 Å². The minimum Gasteiger partial charge on any atom is -0.481 e. The molecule has 3 nitrogen and oxygen atoms in total. The molecule has 1 N–H and O–H groups in total. The molecule has 0 aromatic heterocycles. The first-order valence-electron chi connectivity index (χ1n) is 6.54. The molecule has 2 aromatic rings. The average molecular weight is 300 g/mol. The second kappa shape index (κ2) is 6.92. The third-order valence-electron chi connectivity index (χ3n) is 3.14. The van der Waals surface area contributed by atoms with Crippen LogP contribution in [0, 0.1) is 11.3 Å². The Labute approximate surface area is 128 Å². The molecule has 0 saturated heterocycles. The van der Waals surface area contributed by atoms with Crippen molar-refractivity contribution < 1.29 is 9.90 Å². The molecule has 106 valence electrons. The molecule has 0 spiro atoms. The quantitative estimate of drug-likeness (QED) is 0.853. The molecule has 2 aromatic carbocycles. The van der Waals surface area contributed by atoms with Crippen molar-refractivity contribution >= 4 is 17.6 Å². The van der Waals surface area contributed by atoms with E-state index in [2.05, 4.69) is 6.07 Å². The van der Waals surface area contributed by atoms with Crippen molar-refractivity contribution in [1.82, 2.24) is 0 Å². The number of aliphatic carboxylic acids is 1. The topological polar surface area (TPSA) is 61.1 Å². The maximum Gasteiger partial charge on any atom is 0.304 e. The zero-order chi connectivity index (χ0) is 15.2. The van der Waals surface area contributed by atoms with Crippen molar-refractivity contribution in [2.45, 2.75) is 18.2 Å². The molecule has 0 heterocycles. The van der Waals surface area contributed by atoms with Crippen LogP contribution in [0.3, 0.4) is 0 Å². The van der Waals surface area contributed by atoms with Crippen LogP contribution < -0.4 is 0 Å². The SMILES string of the molecule is N#Cc1cc(CC(Cl)CC(=O)O)ccc1-c1ccccc1. The number of nitriles is 1. The summed E-state index contributed by atoms with van der Waals surface area (Å²) < 4.78 is 0. The van der Waals surface area contributed by atoms with Crippen molar-refractivity contribution in [3.63, 3.8) is 0 Å². The lowest BCUT2D eigenvalue weighted by Gasteiger charge is -2.10. The van der Waals surface area contributed by atoms with Crippen LogP contribution in [0.25, 0.3) is 11.1 Å². The van der Waals surface area contributed by atoms with E-state index >= 15 is 0 Å². The van der Waals surface area contributed by atoms with Gasteiger partial charge in [0.1, 0.15) is 0 Å². The van der Waals surface area contributed by atoms with Gasteiger partial charge in [0, 0.05) is 5.38 Å². The summed E-state index contributed by atoms with van der Waals surface area (Å²) >= 11 is 6.00. The molecular formula is C17H14ClNO2. The van der Waals surface area contributed by atoms with E-state index < -0.39 is 11.3 Å². The summed E-state index contributed by atoms with van der Waals surface area (Å²) in [6.07, 6.45) is 0.335. The predicted molar refractivity (Wildman–Crippen MR) is 82.2 cm³/mol. The molecule has 0 aliphatic carbocycles. The number of nitrogens with zero attached hydrogens (tertiary/aromatic N) is 1. The summed E-state index contributed by atoms with van der Waals surface area (Å²) in [5.74, 6) is -0.920. The van der Waals surface area contributed by atoms with E-state index in [-0.39, 0.29) is 6.42 Å². The Morgan fingerprint density at radius 2 is 1.95 bits per heavy atom. The van der Waals surface area contributed by atoms with Gasteiger partial charge in [0.15, 0.2) is 0 Å². The summed E-state index contributed by atoms with van der Waals surface area (Å²) in [5, 5.41) is 17.5. The standard InChI is InChI=1S/C17H14ClNO2/c18-15(10-17(20)21)9-12-6-7-16(14(8-12)11-19)13-4-2-1-3-5-13/h1-8,15H,9-10H2,(H,20,21). The van der Waals surface area contributed by atoms with Gasteiger partial charge in [-0.1, -0.05) is 42.5 Å². The van der Waals surface area contributed by atoms with Crippen LogP contribution in [0.15, 0.2) is 48.5 Å². The lowest BCUT2D eigenvalue weighted by molar-refractivity contribution is -0.137. The largest absolute Gasteiger partial charge is 0.481 e. The monoisotopic (exact) mass is 299 g/mol. The van der Waals surface area contributed by atoms with Crippen LogP contribution in [-0.2, 0) is 11.2 Å². The average Bonchev–Trinajstić information content (AvgIpc) is 2.47. The molecule has 0 radical (unpaired) electrons. The maximum atomic E-state index is 10.6. The molecular weight excluding hydrogens is 286 g/mol. The highest BCUT2D eigenvalue weighted by molar-refractivity contribution is 6.21. The zero-order valence-electron chi connectivity index (χ0n) is 11.3. The van der Waals surface area contributed by atoms with Gasteiger partial charge in [-0.25, -0.2) is 0 Å². The van der Waals surface area contributed by atoms with Gasteiger partial charge in [-0.15, -0.1) is 11.6 Å². The Bertz CT molecular complexity index is 677. The van der Waals surface area contributed by atoms with Gasteiger partial charge in [0.25, 0.3) is 0 Å². The highest BCUT2D eigenvalue weighted by Gasteiger charge is 2.12. The first-order valence-corrected chi connectivity index (χ1v) is 6.98. The number of carbonyl (C=O) groups is 1. The molecule has 4 heteroatoms. The molecule has 1 atom stereocenters. The van der Waals surface area contributed by atoms with E-state index in [4.69, 9.17) is 16.7 Å². The number of halogens is 1. The number of carboxylic acid groups (broad SMARTS) is 1. The lowest BCUT2D eigenvalue weighted by Crippen LogP contribution is -2.10. The summed E-state index contributed by atoms with van der Waals surface area (Å²) in [6.45, 7) is 0. The van der Waals surface area contributed by atoms with E-state index in [0.29, 0.717) is 12.0 Å². The zero-order valence-corrected chi connectivity index (χ0v) is 12.0. The number of rotatable bonds is 5. The molecule has 0 saturated carbocycles. The van der Waals surface area contributed by atoms with Crippen LogP contribution in [-0.4, -0.2) is 16.5 Å². The molecule has 0 amide bonds. The Hall–Kier alpha value is -2.31. The Morgan fingerprint density at radius 1 is 1.24 bits per heavy atom. The van der Waals surface area contributed by atoms with E-state index in [9.17, 15) is 10.1 Å². The first kappa shape index (κ1) is 15.1. The minimum atomic E-state index is -0.920. The number of hydrogen-bond acceptors (Lipinski definition) is 2. The third-order valence-corrected chi connectivity index (χ3v) is 3.45. The van der Waals surface area contributed by atoms with Gasteiger partial charge in [0.2, 0.25) is 0 Å². The van der Waals surface area contributed by atoms with Crippen LogP contribution in [0.5, 0.6) is 0 Å². The normalized spacial score (nSPS) is 11.6. The molecule has 0 bridgehead atoms. The van der Waals surface area contributed by atoms with Crippen molar-refractivity contribution in [2.24, 2.45) is 0 Å². The summed E-state index contributed by atoms with van der Waals surface area (Å²) in [4.78, 5) is 10.6. The van der Waals surface area contributed by atoms with Crippen molar-refractivity contribution in [3.8, 4) is 17.2 Å². The second-order valence-corrected chi connectivity index (χ2v) is 5.37. The highest BCUT2D eigenvalue weighted by Crippen LogP contribution is 2.25. The van der Waals surface area contributed by atoms with Gasteiger partial charge < -0.3 is 5.11 Å². The lowest BCUT2D eigenvalue weighted by atomic mass is 9.96. The summed E-state index contributed by atoms with van der Waals surface area (Å²) in [7, 11) is 0. The number of benzene rings is 2. The molecule has 2 rings (SSSR count). The summed E-state index contributed by atoms with van der Waals surface area (Å²) in [5.41, 5.74) is 3.28. The molecule has 21 heavy (non-hydrogen) atoms. The van der Waals surface area contributed by atoms with Gasteiger partial charge in [-0.05, 0) is 29.2 Å². The van der Waals surface area contributed by atoms with Gasteiger partial charge >= 0.3 is 5.97 Å². The van der Waals surface area contributed by atoms with Crippen molar-refractivity contribution in [3.05, 3.63) is 59.7 Å². The fourth-order valence-electron chi connectivity index (χ4n) is 2.20. The molecule has 0 fully saturated rings. The smallest absolute Gasteiger partial charge is 0.304 e. The molecule has 1 unspecified atom stereocenters. The van der Waals surface area contributed by atoms with Crippen LogP contribution >= 0.6 is 11.6 Å². The Kier molecular flexibility index (Phi) is 4.97. The van der Waals surface area contributed by atoms with Crippen LogP contribution in [0.1, 0.15) is 17.5 Å². The minimum absolute atomic E-state index is 0.0934. The second-order valence-electron chi connectivity index (χ2n) is 4.76. The number of hydrogen-bond donors (Lipinski definition) is 1. The van der Waals surface area contributed by atoms with E-state index in [0.717, 1.165) is 16.7 Å². The maximum absolute atomic E-state index is 10.6. The summed E-state index contributed by atoms with van der Waals surface area (Å²) in [6, 6.07) is 17.4. The van der Waals surface area contributed by atoms with E-state index in [1.807, 2.05) is 42.5 Å². The van der Waals surface area contributed by atoms with Crippen LogP contribution in [0.4, 0.5) is 0 Å². The van der Waals surface area contributed by atoms with Crippen LogP contribution in [0.2, 0.25) is 0 Å². The van der Waals surface area contributed by atoms with Gasteiger partial charge in [-0.2, -0.15) is 5.26 Å². The van der Waals surface area contributed by atoms with Gasteiger partial charge in [0.05, 0.1) is 18.1 Å². The predicted octanol–water partition coefficient (Wildman–Crippen LogP) is 3.85. The highest BCUT2D eigenvalue weighted by atomic mass is 35.5. The number of alkyl halides is 1. The van der Waals surface area contributed by atoms with Crippen molar-refractivity contribution in [1.29, 1.82) is 5.26 Å². The Morgan fingerprint density at radius 3 is 2.57 bits per heavy atom.